The third-order valence-corrected chi connectivity index (χ3v) is 2.99. The number of benzene rings is 1. The van der Waals surface area contributed by atoms with Gasteiger partial charge in [-0.3, -0.25) is 0 Å². The van der Waals surface area contributed by atoms with Crippen molar-refractivity contribution in [1.82, 2.24) is 5.32 Å². The van der Waals surface area contributed by atoms with E-state index in [1.807, 2.05) is 6.92 Å². The summed E-state index contributed by atoms with van der Waals surface area (Å²) in [6.45, 7) is 4.21. The van der Waals surface area contributed by atoms with Crippen LogP contribution in [0.1, 0.15) is 18.5 Å². The topological polar surface area (TPSA) is 30.5 Å². The zero-order chi connectivity index (χ0) is 13.4. The molecule has 0 aromatic heterocycles. The number of hydrogen-bond acceptors (Lipinski definition) is 3. The first-order chi connectivity index (χ1) is 8.69. The smallest absolute Gasteiger partial charge is 0.128 e. The lowest BCUT2D eigenvalue weighted by molar-refractivity contribution is 0.0583. The Morgan fingerprint density at radius 1 is 1.39 bits per heavy atom. The van der Waals surface area contributed by atoms with E-state index in [-0.39, 0.29) is 11.9 Å². The maximum absolute atomic E-state index is 13.8. The zero-order valence-corrected chi connectivity index (χ0v) is 12.3. The summed E-state index contributed by atoms with van der Waals surface area (Å²) < 4.78 is 25.0. The average molecular weight is 320 g/mol. The maximum Gasteiger partial charge on any atom is 0.128 e. The summed E-state index contributed by atoms with van der Waals surface area (Å²) >= 11 is 3.35. The summed E-state index contributed by atoms with van der Waals surface area (Å²) in [6.07, 6.45) is 0. The van der Waals surface area contributed by atoms with E-state index in [9.17, 15) is 4.39 Å². The summed E-state index contributed by atoms with van der Waals surface area (Å²) in [5, 5.41) is 3.22. The molecule has 3 nitrogen and oxygen atoms in total. The number of methoxy groups -OCH3 is 1. The Bertz CT molecular complexity index is 363. The van der Waals surface area contributed by atoms with Gasteiger partial charge < -0.3 is 14.8 Å². The number of nitrogens with one attached hydrogen (secondary N) is 1. The summed E-state index contributed by atoms with van der Waals surface area (Å²) in [6, 6.07) is 4.78. The van der Waals surface area contributed by atoms with Crippen molar-refractivity contribution in [1.29, 1.82) is 0 Å². The fraction of sp³-hybridized carbons (Fsp3) is 0.538. The molecule has 0 fully saturated rings. The van der Waals surface area contributed by atoms with Gasteiger partial charge in [-0.15, -0.1) is 0 Å². The Kier molecular flexibility index (Phi) is 7.42. The SMILES string of the molecule is CCNC(COCCOC)c1cc(Br)ccc1F. The quantitative estimate of drug-likeness (QED) is 0.747. The molecule has 0 spiro atoms. The molecule has 0 bridgehead atoms. The predicted molar refractivity (Wildman–Crippen MR) is 73.2 cm³/mol. The molecule has 1 atom stereocenters. The van der Waals surface area contributed by atoms with Gasteiger partial charge in [-0.2, -0.15) is 0 Å². The van der Waals surface area contributed by atoms with Gasteiger partial charge in [-0.1, -0.05) is 22.9 Å². The van der Waals surface area contributed by atoms with Gasteiger partial charge in [-0.25, -0.2) is 4.39 Å². The van der Waals surface area contributed by atoms with E-state index in [4.69, 9.17) is 9.47 Å². The molecule has 0 heterocycles. The number of hydrogen-bond donors (Lipinski definition) is 1. The summed E-state index contributed by atoms with van der Waals surface area (Å²) in [7, 11) is 1.62. The van der Waals surface area contributed by atoms with Crippen LogP contribution in [0.2, 0.25) is 0 Å². The van der Waals surface area contributed by atoms with Crippen LogP contribution >= 0.6 is 15.9 Å². The van der Waals surface area contributed by atoms with Crippen molar-refractivity contribution in [3.63, 3.8) is 0 Å². The van der Waals surface area contributed by atoms with Gasteiger partial charge in [-0.05, 0) is 24.7 Å². The predicted octanol–water partition coefficient (Wildman–Crippen LogP) is 2.90. The van der Waals surface area contributed by atoms with E-state index in [2.05, 4.69) is 21.2 Å². The first kappa shape index (κ1) is 15.6. The van der Waals surface area contributed by atoms with Crippen LogP contribution in [0.3, 0.4) is 0 Å². The normalized spacial score (nSPS) is 12.7. The van der Waals surface area contributed by atoms with Crippen LogP contribution < -0.4 is 5.32 Å². The van der Waals surface area contributed by atoms with Gasteiger partial charge in [0.1, 0.15) is 5.82 Å². The minimum absolute atomic E-state index is 0.149. The average Bonchev–Trinajstić information content (AvgIpc) is 2.36. The van der Waals surface area contributed by atoms with Crippen molar-refractivity contribution in [2.75, 3.05) is 33.5 Å². The fourth-order valence-corrected chi connectivity index (χ4v) is 2.01. The summed E-state index contributed by atoms with van der Waals surface area (Å²) in [5.74, 6) is -0.223. The van der Waals surface area contributed by atoms with Gasteiger partial charge in [0.2, 0.25) is 0 Å². The maximum atomic E-state index is 13.8. The van der Waals surface area contributed by atoms with Crippen LogP contribution in [0.4, 0.5) is 4.39 Å². The monoisotopic (exact) mass is 319 g/mol. The van der Waals surface area contributed by atoms with Crippen LogP contribution in [0, 0.1) is 5.82 Å². The van der Waals surface area contributed by atoms with Crippen molar-refractivity contribution in [3.05, 3.63) is 34.1 Å². The first-order valence-electron chi connectivity index (χ1n) is 5.94. The summed E-state index contributed by atoms with van der Waals surface area (Å²) in [4.78, 5) is 0. The van der Waals surface area contributed by atoms with Crippen LogP contribution in [0.5, 0.6) is 0 Å². The molecule has 0 radical (unpaired) electrons. The Morgan fingerprint density at radius 3 is 2.83 bits per heavy atom. The van der Waals surface area contributed by atoms with Crippen molar-refractivity contribution in [3.8, 4) is 0 Å². The Morgan fingerprint density at radius 2 is 2.17 bits per heavy atom. The molecule has 1 N–H and O–H groups in total. The van der Waals surface area contributed by atoms with Gasteiger partial charge >= 0.3 is 0 Å². The molecule has 0 saturated heterocycles. The van der Waals surface area contributed by atoms with Crippen LogP contribution in [0.25, 0.3) is 0 Å². The molecular weight excluding hydrogens is 301 g/mol. The molecule has 0 saturated carbocycles. The third kappa shape index (κ3) is 5.02. The molecule has 1 unspecified atom stereocenters. The Labute approximate surface area is 116 Å². The minimum atomic E-state index is -0.223. The second kappa shape index (κ2) is 8.58. The standard InChI is InChI=1S/C13H19BrFNO2/c1-3-16-13(9-18-7-6-17-2)11-8-10(14)4-5-12(11)15/h4-5,8,13,16H,3,6-7,9H2,1-2H3. The van der Waals surface area contributed by atoms with E-state index in [1.165, 1.54) is 6.07 Å². The molecule has 5 heteroatoms. The van der Waals surface area contributed by atoms with E-state index < -0.39 is 0 Å². The number of rotatable bonds is 8. The van der Waals surface area contributed by atoms with Crippen molar-refractivity contribution in [2.45, 2.75) is 13.0 Å². The van der Waals surface area contributed by atoms with Crippen LogP contribution in [-0.2, 0) is 9.47 Å². The molecule has 1 rings (SSSR count). The number of likely N-dealkylation sites (N-methyl/N-ethyl adjacent to an activating group) is 1. The molecule has 0 amide bonds. The van der Waals surface area contributed by atoms with Gasteiger partial charge in [0.05, 0.1) is 25.9 Å². The second-order valence-corrected chi connectivity index (χ2v) is 4.76. The Hall–Kier alpha value is -0.490. The van der Waals surface area contributed by atoms with Gasteiger partial charge in [0.15, 0.2) is 0 Å². The lowest BCUT2D eigenvalue weighted by Crippen LogP contribution is -2.27. The molecule has 102 valence electrons. The van der Waals surface area contributed by atoms with E-state index >= 15 is 0 Å². The number of ether oxygens (including phenoxy) is 2. The lowest BCUT2D eigenvalue weighted by Gasteiger charge is -2.19. The molecular formula is C13H19BrFNO2. The molecule has 0 aliphatic carbocycles. The largest absolute Gasteiger partial charge is 0.382 e. The molecule has 0 aliphatic heterocycles. The third-order valence-electron chi connectivity index (χ3n) is 2.50. The second-order valence-electron chi connectivity index (χ2n) is 3.84. The first-order valence-corrected chi connectivity index (χ1v) is 6.73. The minimum Gasteiger partial charge on any atom is -0.382 e. The van der Waals surface area contributed by atoms with Crippen molar-refractivity contribution >= 4 is 15.9 Å². The van der Waals surface area contributed by atoms with Crippen molar-refractivity contribution in [2.24, 2.45) is 0 Å². The molecule has 1 aromatic rings. The zero-order valence-electron chi connectivity index (χ0n) is 10.7. The fourth-order valence-electron chi connectivity index (χ4n) is 1.63. The highest BCUT2D eigenvalue weighted by Gasteiger charge is 2.15. The highest BCUT2D eigenvalue weighted by molar-refractivity contribution is 9.10. The van der Waals surface area contributed by atoms with E-state index in [0.717, 1.165) is 11.0 Å². The highest BCUT2D eigenvalue weighted by atomic mass is 79.9. The highest BCUT2D eigenvalue weighted by Crippen LogP contribution is 2.22. The molecule has 0 aliphatic rings. The molecule has 18 heavy (non-hydrogen) atoms. The summed E-state index contributed by atoms with van der Waals surface area (Å²) in [5.41, 5.74) is 0.614. The van der Waals surface area contributed by atoms with E-state index in [1.54, 1.807) is 19.2 Å². The van der Waals surface area contributed by atoms with Crippen LogP contribution in [0.15, 0.2) is 22.7 Å². The van der Waals surface area contributed by atoms with Crippen molar-refractivity contribution < 1.29 is 13.9 Å². The van der Waals surface area contributed by atoms with E-state index in [0.29, 0.717) is 25.4 Å². The lowest BCUT2D eigenvalue weighted by atomic mass is 10.1. The molecule has 1 aromatic carbocycles. The number of halogens is 2. The van der Waals surface area contributed by atoms with Gasteiger partial charge in [0, 0.05) is 17.1 Å². The van der Waals surface area contributed by atoms with Gasteiger partial charge in [0.25, 0.3) is 0 Å². The Balaban J connectivity index is 2.67. The van der Waals surface area contributed by atoms with Crippen LogP contribution in [-0.4, -0.2) is 33.5 Å².